The minimum atomic E-state index is -5.23. The molecule has 1 aromatic carbocycles. The van der Waals surface area contributed by atoms with Gasteiger partial charge in [0.25, 0.3) is 5.67 Å². The lowest BCUT2D eigenvalue weighted by atomic mass is 9.97. The topological polar surface area (TPSA) is 0 Å². The fraction of sp³-hybridized carbons (Fsp3) is 0.333. The van der Waals surface area contributed by atoms with Gasteiger partial charge in [-0.25, -0.2) is 8.78 Å². The summed E-state index contributed by atoms with van der Waals surface area (Å²) in [5.74, 6) is 0. The molecule has 0 N–H and O–H groups in total. The van der Waals surface area contributed by atoms with Crippen LogP contribution in [0, 0.1) is 0 Å². The fourth-order valence-electron chi connectivity index (χ4n) is 1.02. The predicted octanol–water partition coefficient (Wildman–Crippen LogP) is 3.38. The Hall–Kier alpha value is -1.13. The highest BCUT2D eigenvalue weighted by molar-refractivity contribution is 5.24. The van der Waals surface area contributed by atoms with Crippen molar-refractivity contribution in [3.05, 3.63) is 35.9 Å². The molecule has 1 rings (SSSR count). The third kappa shape index (κ3) is 1.71. The second kappa shape index (κ2) is 3.55. The number of alkyl halides is 5. The standard InChI is InChI=1S/C9H7F5/c10-6-8(11,9(12,13)14)7-4-2-1-3-5-7/h1-5H,6H2. The first-order valence-corrected chi connectivity index (χ1v) is 3.79. The summed E-state index contributed by atoms with van der Waals surface area (Å²) >= 11 is 0. The van der Waals surface area contributed by atoms with Crippen LogP contribution in [0.5, 0.6) is 0 Å². The maximum Gasteiger partial charge on any atom is 0.429 e. The first-order chi connectivity index (χ1) is 6.42. The van der Waals surface area contributed by atoms with Crippen molar-refractivity contribution in [1.29, 1.82) is 0 Å². The molecule has 0 aromatic heterocycles. The van der Waals surface area contributed by atoms with Crippen molar-refractivity contribution in [2.75, 3.05) is 6.67 Å². The minimum Gasteiger partial charge on any atom is -0.247 e. The van der Waals surface area contributed by atoms with Gasteiger partial charge in [-0.1, -0.05) is 30.3 Å². The number of rotatable bonds is 2. The quantitative estimate of drug-likeness (QED) is 0.656. The van der Waals surface area contributed by atoms with E-state index in [9.17, 15) is 22.0 Å². The average Bonchev–Trinajstić information content (AvgIpc) is 2.16. The number of benzene rings is 1. The van der Waals surface area contributed by atoms with Crippen molar-refractivity contribution in [3.8, 4) is 0 Å². The van der Waals surface area contributed by atoms with E-state index in [1.807, 2.05) is 0 Å². The van der Waals surface area contributed by atoms with Crippen molar-refractivity contribution in [2.45, 2.75) is 11.8 Å². The maximum absolute atomic E-state index is 13.3. The van der Waals surface area contributed by atoms with Crippen LogP contribution in [0.3, 0.4) is 0 Å². The van der Waals surface area contributed by atoms with Gasteiger partial charge in [-0.3, -0.25) is 0 Å². The van der Waals surface area contributed by atoms with Crippen molar-refractivity contribution in [1.82, 2.24) is 0 Å². The van der Waals surface area contributed by atoms with E-state index in [0.29, 0.717) is 0 Å². The van der Waals surface area contributed by atoms with Gasteiger partial charge in [0, 0.05) is 5.56 Å². The van der Waals surface area contributed by atoms with E-state index in [4.69, 9.17) is 0 Å². The number of hydrogen-bond donors (Lipinski definition) is 0. The summed E-state index contributed by atoms with van der Waals surface area (Å²) in [6.07, 6.45) is -5.23. The van der Waals surface area contributed by atoms with Gasteiger partial charge >= 0.3 is 6.18 Å². The minimum absolute atomic E-state index is 0.713. The summed E-state index contributed by atoms with van der Waals surface area (Å²) in [5, 5.41) is 0. The molecule has 0 heterocycles. The molecule has 0 amide bonds. The Kier molecular flexibility index (Phi) is 2.78. The van der Waals surface area contributed by atoms with E-state index < -0.39 is 24.1 Å². The second-order valence-corrected chi connectivity index (χ2v) is 2.80. The van der Waals surface area contributed by atoms with Crippen LogP contribution in [0.2, 0.25) is 0 Å². The van der Waals surface area contributed by atoms with Gasteiger partial charge < -0.3 is 0 Å². The number of halogens is 5. The van der Waals surface area contributed by atoms with Gasteiger partial charge in [0.15, 0.2) is 0 Å². The maximum atomic E-state index is 13.3. The van der Waals surface area contributed by atoms with Crippen LogP contribution in [-0.4, -0.2) is 12.9 Å². The molecule has 0 aliphatic heterocycles. The summed E-state index contributed by atoms with van der Waals surface area (Å²) in [6, 6.07) is 5.70. The van der Waals surface area contributed by atoms with Crippen molar-refractivity contribution < 1.29 is 22.0 Å². The molecule has 14 heavy (non-hydrogen) atoms. The Morgan fingerprint density at radius 2 is 1.43 bits per heavy atom. The van der Waals surface area contributed by atoms with Gasteiger partial charge in [0.2, 0.25) is 0 Å². The van der Waals surface area contributed by atoms with Crippen molar-refractivity contribution in [2.24, 2.45) is 0 Å². The molecule has 5 heteroatoms. The zero-order valence-corrected chi connectivity index (χ0v) is 6.98. The highest BCUT2D eigenvalue weighted by atomic mass is 19.4. The Balaban J connectivity index is 3.15. The van der Waals surface area contributed by atoms with E-state index >= 15 is 0 Å². The van der Waals surface area contributed by atoms with Crippen LogP contribution in [-0.2, 0) is 5.67 Å². The lowest BCUT2D eigenvalue weighted by Gasteiger charge is -2.25. The van der Waals surface area contributed by atoms with E-state index in [2.05, 4.69) is 0 Å². The molecule has 0 saturated heterocycles. The molecule has 0 radical (unpaired) electrons. The lowest BCUT2D eigenvalue weighted by molar-refractivity contribution is -0.240. The zero-order chi connectivity index (χ0) is 10.8. The highest BCUT2D eigenvalue weighted by Crippen LogP contribution is 2.42. The number of hydrogen-bond acceptors (Lipinski definition) is 0. The van der Waals surface area contributed by atoms with Crippen LogP contribution >= 0.6 is 0 Å². The molecule has 0 nitrogen and oxygen atoms in total. The second-order valence-electron chi connectivity index (χ2n) is 2.80. The third-order valence-corrected chi connectivity index (χ3v) is 1.86. The van der Waals surface area contributed by atoms with Crippen molar-refractivity contribution >= 4 is 0 Å². The van der Waals surface area contributed by atoms with E-state index in [1.54, 1.807) is 0 Å². The molecule has 0 fully saturated rings. The van der Waals surface area contributed by atoms with Crippen molar-refractivity contribution in [3.63, 3.8) is 0 Å². The van der Waals surface area contributed by atoms with Gasteiger partial charge in [-0.2, -0.15) is 13.2 Å². The normalized spacial score (nSPS) is 16.4. The molecule has 0 bridgehead atoms. The Bertz CT molecular complexity index is 292. The Labute approximate surface area is 77.4 Å². The average molecular weight is 210 g/mol. The molecule has 0 aliphatic carbocycles. The van der Waals surface area contributed by atoms with Gasteiger partial charge in [-0.15, -0.1) is 0 Å². The fourth-order valence-corrected chi connectivity index (χ4v) is 1.02. The van der Waals surface area contributed by atoms with E-state index in [1.165, 1.54) is 18.2 Å². The summed E-state index contributed by atoms with van der Waals surface area (Å²) in [7, 11) is 0. The SMILES string of the molecule is FCC(F)(c1ccccc1)C(F)(F)F. The highest BCUT2D eigenvalue weighted by Gasteiger charge is 2.57. The van der Waals surface area contributed by atoms with Crippen LogP contribution in [0.1, 0.15) is 5.56 Å². The first-order valence-electron chi connectivity index (χ1n) is 3.79. The third-order valence-electron chi connectivity index (χ3n) is 1.86. The van der Waals surface area contributed by atoms with Crippen LogP contribution in [0.4, 0.5) is 22.0 Å². The molecule has 1 unspecified atom stereocenters. The van der Waals surface area contributed by atoms with Crippen LogP contribution < -0.4 is 0 Å². The summed E-state index contributed by atoms with van der Waals surface area (Å²) in [6.45, 7) is -2.11. The van der Waals surface area contributed by atoms with E-state index in [-0.39, 0.29) is 0 Å². The van der Waals surface area contributed by atoms with Crippen LogP contribution in [0.15, 0.2) is 30.3 Å². The van der Waals surface area contributed by atoms with Gasteiger partial charge in [0.1, 0.15) is 6.67 Å². The molecule has 0 aliphatic rings. The molecule has 0 spiro atoms. The van der Waals surface area contributed by atoms with E-state index in [0.717, 1.165) is 12.1 Å². The summed E-state index contributed by atoms with van der Waals surface area (Å²) < 4.78 is 61.9. The predicted molar refractivity (Wildman–Crippen MR) is 41.3 cm³/mol. The lowest BCUT2D eigenvalue weighted by Crippen LogP contribution is -2.40. The Morgan fingerprint density at radius 3 is 1.79 bits per heavy atom. The first kappa shape index (κ1) is 10.9. The monoisotopic (exact) mass is 210 g/mol. The summed E-state index contributed by atoms with van der Waals surface area (Å²) in [4.78, 5) is 0. The zero-order valence-electron chi connectivity index (χ0n) is 6.98. The smallest absolute Gasteiger partial charge is 0.247 e. The molecule has 1 aromatic rings. The Morgan fingerprint density at radius 1 is 0.929 bits per heavy atom. The summed E-state index contributed by atoms with van der Waals surface area (Å²) in [5.41, 5.74) is -4.61. The van der Waals surface area contributed by atoms with Crippen LogP contribution in [0.25, 0.3) is 0 Å². The molecule has 78 valence electrons. The molecule has 1 atom stereocenters. The molecule has 0 saturated carbocycles. The largest absolute Gasteiger partial charge is 0.429 e. The molecular weight excluding hydrogens is 203 g/mol. The molecular formula is C9H7F5. The van der Waals surface area contributed by atoms with Gasteiger partial charge in [-0.05, 0) is 0 Å². The van der Waals surface area contributed by atoms with Gasteiger partial charge in [0.05, 0.1) is 0 Å².